The summed E-state index contributed by atoms with van der Waals surface area (Å²) in [5.41, 5.74) is 0.190. The Morgan fingerprint density at radius 3 is 2.56 bits per heavy atom. The van der Waals surface area contributed by atoms with Crippen molar-refractivity contribution in [3.63, 3.8) is 0 Å². The fourth-order valence-electron chi connectivity index (χ4n) is 1.34. The molecule has 2 aromatic rings. The fourth-order valence-corrected chi connectivity index (χ4v) is 1.84. The van der Waals surface area contributed by atoms with Crippen molar-refractivity contribution in [3.8, 4) is 0 Å². The van der Waals surface area contributed by atoms with E-state index in [1.807, 2.05) is 0 Å². The van der Waals surface area contributed by atoms with Gasteiger partial charge in [-0.05, 0) is 23.7 Å². The minimum Gasteiger partial charge on any atom is -0.386 e. The lowest BCUT2D eigenvalue weighted by atomic mass is 10.1. The van der Waals surface area contributed by atoms with Crippen LogP contribution in [-0.4, -0.2) is 14.7 Å². The molecule has 0 saturated heterocycles. The first kappa shape index (κ1) is 11.1. The van der Waals surface area contributed by atoms with Crippen molar-refractivity contribution in [2.75, 3.05) is 0 Å². The van der Waals surface area contributed by atoms with Crippen LogP contribution in [0.5, 0.6) is 0 Å². The molecule has 6 heteroatoms. The maximum absolute atomic E-state index is 13.3. The van der Waals surface area contributed by atoms with Crippen LogP contribution >= 0.6 is 11.5 Å². The predicted molar refractivity (Wildman–Crippen MR) is 54.9 cm³/mol. The average molecular weight is 242 g/mol. The summed E-state index contributed by atoms with van der Waals surface area (Å²) in [6.07, 6.45) is -1.19. The lowest BCUT2D eigenvalue weighted by molar-refractivity contribution is 0.171. The molecule has 0 bridgehead atoms. The molecule has 16 heavy (non-hydrogen) atoms. The van der Waals surface area contributed by atoms with Gasteiger partial charge < -0.3 is 5.11 Å². The number of benzene rings is 1. The van der Waals surface area contributed by atoms with E-state index in [2.05, 4.69) is 9.59 Å². The van der Waals surface area contributed by atoms with Crippen molar-refractivity contribution >= 4 is 11.5 Å². The van der Waals surface area contributed by atoms with Crippen molar-refractivity contribution in [1.29, 1.82) is 0 Å². The zero-order valence-electron chi connectivity index (χ0n) is 8.10. The Morgan fingerprint density at radius 2 is 2.00 bits per heavy atom. The normalized spacial score (nSPS) is 12.7. The van der Waals surface area contributed by atoms with E-state index in [4.69, 9.17) is 0 Å². The van der Waals surface area contributed by atoms with Gasteiger partial charge in [-0.3, -0.25) is 0 Å². The Labute approximate surface area is 94.5 Å². The summed E-state index contributed by atoms with van der Waals surface area (Å²) in [5, 5.41) is 14.9. The van der Waals surface area contributed by atoms with Crippen LogP contribution in [0.25, 0.3) is 0 Å². The highest BCUT2D eigenvalue weighted by molar-refractivity contribution is 7.03. The van der Waals surface area contributed by atoms with Crippen LogP contribution in [0.2, 0.25) is 0 Å². The van der Waals surface area contributed by atoms with Crippen molar-refractivity contribution in [2.45, 2.75) is 12.5 Å². The molecule has 1 atom stereocenters. The molecule has 1 heterocycles. The molecule has 2 rings (SSSR count). The van der Waals surface area contributed by atoms with Gasteiger partial charge in [0.25, 0.3) is 0 Å². The van der Waals surface area contributed by atoms with Gasteiger partial charge in [0, 0.05) is 17.4 Å². The van der Waals surface area contributed by atoms with Crippen LogP contribution in [0.4, 0.5) is 8.78 Å². The average Bonchev–Trinajstić information content (AvgIpc) is 2.76. The van der Waals surface area contributed by atoms with Crippen LogP contribution in [0, 0.1) is 11.6 Å². The van der Waals surface area contributed by atoms with Gasteiger partial charge in [0.2, 0.25) is 0 Å². The number of aliphatic hydroxyl groups excluding tert-OH is 1. The van der Waals surface area contributed by atoms with E-state index in [1.165, 1.54) is 6.07 Å². The maximum Gasteiger partial charge on any atom is 0.129 e. The molecule has 3 nitrogen and oxygen atoms in total. The third-order valence-corrected chi connectivity index (χ3v) is 2.70. The molecule has 0 aliphatic carbocycles. The van der Waals surface area contributed by atoms with Crippen LogP contribution in [-0.2, 0) is 6.42 Å². The maximum atomic E-state index is 13.3. The highest BCUT2D eigenvalue weighted by Crippen LogP contribution is 2.21. The van der Waals surface area contributed by atoms with Crippen molar-refractivity contribution in [3.05, 3.63) is 46.5 Å². The Hall–Kier alpha value is -1.40. The summed E-state index contributed by atoms with van der Waals surface area (Å²) in [6.45, 7) is 0. The van der Waals surface area contributed by atoms with Gasteiger partial charge in [0.1, 0.15) is 23.4 Å². The second-order valence-electron chi connectivity index (χ2n) is 3.25. The number of rotatable bonds is 3. The van der Waals surface area contributed by atoms with E-state index >= 15 is 0 Å². The Balaban J connectivity index is 2.21. The van der Waals surface area contributed by atoms with Gasteiger partial charge in [-0.2, -0.15) is 0 Å². The van der Waals surface area contributed by atoms with Gasteiger partial charge in [0.15, 0.2) is 0 Å². The van der Waals surface area contributed by atoms with Gasteiger partial charge in [-0.25, -0.2) is 8.78 Å². The van der Waals surface area contributed by atoms with Gasteiger partial charge in [0.05, 0.1) is 0 Å². The van der Waals surface area contributed by atoms with E-state index < -0.39 is 17.7 Å². The third-order valence-electron chi connectivity index (χ3n) is 2.18. The Bertz CT molecular complexity index is 455. The molecule has 0 aliphatic rings. The zero-order chi connectivity index (χ0) is 11.5. The predicted octanol–water partition coefficient (Wildman–Crippen LogP) is 2.09. The molecular formula is C10H8F2N2OS. The van der Waals surface area contributed by atoms with Crippen molar-refractivity contribution in [1.82, 2.24) is 9.59 Å². The molecule has 0 radical (unpaired) electrons. The molecule has 0 amide bonds. The number of nitrogens with zero attached hydrogens (tertiary/aromatic N) is 2. The Kier molecular flexibility index (Phi) is 3.21. The largest absolute Gasteiger partial charge is 0.386 e. The standard InChI is InChI=1S/C10H8F2N2OS/c11-7-2-1-3-8(12)6(7)4-10(15)9-5-16-14-13-9/h1-3,5,10,15H,4H2. The molecule has 1 N–H and O–H groups in total. The topological polar surface area (TPSA) is 46.0 Å². The monoisotopic (exact) mass is 242 g/mol. The first-order chi connectivity index (χ1) is 7.68. The van der Waals surface area contributed by atoms with Crippen LogP contribution in [0.15, 0.2) is 23.6 Å². The first-order valence-electron chi connectivity index (χ1n) is 4.56. The summed E-state index contributed by atoms with van der Waals surface area (Å²) >= 11 is 1.08. The molecule has 0 fully saturated rings. The SMILES string of the molecule is OC(Cc1c(F)cccc1F)c1csnn1. The van der Waals surface area contributed by atoms with Crippen molar-refractivity contribution < 1.29 is 13.9 Å². The Morgan fingerprint density at radius 1 is 1.31 bits per heavy atom. The molecule has 1 aromatic heterocycles. The van der Waals surface area contributed by atoms with Gasteiger partial charge in [-0.1, -0.05) is 10.6 Å². The van der Waals surface area contributed by atoms with Crippen molar-refractivity contribution in [2.24, 2.45) is 0 Å². The van der Waals surface area contributed by atoms with E-state index in [-0.39, 0.29) is 12.0 Å². The van der Waals surface area contributed by atoms with Crippen LogP contribution < -0.4 is 0 Å². The summed E-state index contributed by atoms with van der Waals surface area (Å²) < 4.78 is 30.1. The van der Waals surface area contributed by atoms with E-state index in [0.29, 0.717) is 5.69 Å². The molecule has 1 aromatic carbocycles. The van der Waals surface area contributed by atoms with E-state index in [9.17, 15) is 13.9 Å². The zero-order valence-corrected chi connectivity index (χ0v) is 8.92. The summed E-state index contributed by atoms with van der Waals surface area (Å²) in [7, 11) is 0. The van der Waals surface area contributed by atoms with Gasteiger partial charge >= 0.3 is 0 Å². The minimum absolute atomic E-state index is 0.136. The van der Waals surface area contributed by atoms with Crippen LogP contribution in [0.3, 0.4) is 0 Å². The third kappa shape index (κ3) is 2.23. The van der Waals surface area contributed by atoms with E-state index in [1.54, 1.807) is 5.38 Å². The lowest BCUT2D eigenvalue weighted by Gasteiger charge is -2.08. The molecule has 0 spiro atoms. The lowest BCUT2D eigenvalue weighted by Crippen LogP contribution is -2.06. The molecule has 1 unspecified atom stereocenters. The summed E-state index contributed by atoms with van der Waals surface area (Å²) in [6, 6.07) is 3.60. The molecule has 84 valence electrons. The minimum atomic E-state index is -1.04. The quantitative estimate of drug-likeness (QED) is 0.896. The number of halogens is 2. The highest BCUT2D eigenvalue weighted by Gasteiger charge is 2.16. The molecule has 0 saturated carbocycles. The number of hydrogen-bond donors (Lipinski definition) is 1. The number of aromatic nitrogens is 2. The first-order valence-corrected chi connectivity index (χ1v) is 5.40. The number of aliphatic hydroxyl groups is 1. The summed E-state index contributed by atoms with van der Waals surface area (Å²) in [5.74, 6) is -1.33. The van der Waals surface area contributed by atoms with Crippen LogP contribution in [0.1, 0.15) is 17.4 Å². The summed E-state index contributed by atoms with van der Waals surface area (Å²) in [4.78, 5) is 0. The molecule has 0 aliphatic heterocycles. The van der Waals surface area contributed by atoms with E-state index in [0.717, 1.165) is 23.7 Å². The van der Waals surface area contributed by atoms with Gasteiger partial charge in [-0.15, -0.1) is 5.10 Å². The number of hydrogen-bond acceptors (Lipinski definition) is 4. The fraction of sp³-hybridized carbons (Fsp3) is 0.200. The second kappa shape index (κ2) is 4.63. The smallest absolute Gasteiger partial charge is 0.129 e. The highest BCUT2D eigenvalue weighted by atomic mass is 32.1. The second-order valence-corrected chi connectivity index (χ2v) is 3.86. The molecular weight excluding hydrogens is 234 g/mol.